The van der Waals surface area contributed by atoms with Crippen LogP contribution in [0, 0.1) is 11.7 Å². The van der Waals surface area contributed by atoms with Crippen molar-refractivity contribution in [1.29, 1.82) is 0 Å². The first kappa shape index (κ1) is 20.3. The van der Waals surface area contributed by atoms with Crippen LogP contribution in [-0.2, 0) is 11.3 Å². The second-order valence-corrected chi connectivity index (χ2v) is 7.81. The van der Waals surface area contributed by atoms with E-state index in [1.165, 1.54) is 12.1 Å². The molecule has 4 rings (SSSR count). The van der Waals surface area contributed by atoms with Gasteiger partial charge in [0.25, 0.3) is 0 Å². The molecule has 1 amide bonds. The quantitative estimate of drug-likeness (QED) is 0.656. The van der Waals surface area contributed by atoms with E-state index in [4.69, 9.17) is 11.6 Å². The third kappa shape index (κ3) is 4.94. The third-order valence-corrected chi connectivity index (χ3v) is 5.49. The summed E-state index contributed by atoms with van der Waals surface area (Å²) < 4.78 is 13.2. The summed E-state index contributed by atoms with van der Waals surface area (Å²) in [6.45, 7) is 1.92. The maximum Gasteiger partial charge on any atom is 0.225 e. The molecule has 0 saturated carbocycles. The van der Waals surface area contributed by atoms with E-state index in [-0.39, 0.29) is 17.6 Å². The molecule has 7 heteroatoms. The van der Waals surface area contributed by atoms with Crippen molar-refractivity contribution in [3.63, 3.8) is 0 Å². The van der Waals surface area contributed by atoms with Crippen LogP contribution in [0.15, 0.2) is 60.8 Å². The van der Waals surface area contributed by atoms with Gasteiger partial charge in [0, 0.05) is 36.4 Å². The van der Waals surface area contributed by atoms with Crippen molar-refractivity contribution >= 4 is 23.3 Å². The van der Waals surface area contributed by atoms with Crippen LogP contribution in [0.5, 0.6) is 0 Å². The molecule has 5 nitrogen and oxygen atoms in total. The largest absolute Gasteiger partial charge is 0.356 e. The highest BCUT2D eigenvalue weighted by molar-refractivity contribution is 6.30. The first-order valence-electron chi connectivity index (χ1n) is 9.94. The number of halogens is 2. The summed E-state index contributed by atoms with van der Waals surface area (Å²) in [5.41, 5.74) is 1.77. The van der Waals surface area contributed by atoms with Crippen LogP contribution in [0.25, 0.3) is 11.4 Å². The van der Waals surface area contributed by atoms with Gasteiger partial charge < -0.3 is 10.2 Å². The molecule has 1 aromatic heterocycles. The number of aromatic nitrogens is 2. The minimum atomic E-state index is -0.293. The lowest BCUT2D eigenvalue weighted by Crippen LogP contribution is -2.43. The standard InChI is InChI=1S/C23H22ClFN4O/c24-19-7-3-16(4-8-19)14-27-23(30)18-2-1-13-29(15-18)21-11-12-26-22(28-21)17-5-9-20(25)10-6-17/h3-12,18H,1-2,13-15H2,(H,27,30)/t18-/m1/s1. The van der Waals surface area contributed by atoms with E-state index in [0.29, 0.717) is 23.9 Å². The molecule has 1 saturated heterocycles. The van der Waals surface area contributed by atoms with Crippen LogP contribution in [-0.4, -0.2) is 29.0 Å². The summed E-state index contributed by atoms with van der Waals surface area (Å²) in [7, 11) is 0. The van der Waals surface area contributed by atoms with Gasteiger partial charge >= 0.3 is 0 Å². The number of rotatable bonds is 5. The van der Waals surface area contributed by atoms with Crippen molar-refractivity contribution in [2.75, 3.05) is 18.0 Å². The van der Waals surface area contributed by atoms with Crippen molar-refractivity contribution < 1.29 is 9.18 Å². The highest BCUT2D eigenvalue weighted by Gasteiger charge is 2.26. The van der Waals surface area contributed by atoms with Gasteiger partial charge in [0.1, 0.15) is 11.6 Å². The van der Waals surface area contributed by atoms with Crippen molar-refractivity contribution in [1.82, 2.24) is 15.3 Å². The summed E-state index contributed by atoms with van der Waals surface area (Å²) >= 11 is 5.91. The average Bonchev–Trinajstić information content (AvgIpc) is 2.79. The van der Waals surface area contributed by atoms with E-state index in [1.54, 1.807) is 18.3 Å². The van der Waals surface area contributed by atoms with E-state index in [0.717, 1.165) is 36.3 Å². The van der Waals surface area contributed by atoms with E-state index in [1.807, 2.05) is 30.3 Å². The van der Waals surface area contributed by atoms with Crippen LogP contribution in [0.4, 0.5) is 10.2 Å². The fourth-order valence-electron chi connectivity index (χ4n) is 3.60. The number of hydrogen-bond donors (Lipinski definition) is 1. The van der Waals surface area contributed by atoms with Crippen LogP contribution >= 0.6 is 11.6 Å². The molecule has 30 heavy (non-hydrogen) atoms. The minimum absolute atomic E-state index is 0.0439. The Labute approximate surface area is 179 Å². The Morgan fingerprint density at radius 3 is 2.67 bits per heavy atom. The predicted molar refractivity (Wildman–Crippen MR) is 116 cm³/mol. The fourth-order valence-corrected chi connectivity index (χ4v) is 3.72. The summed E-state index contributed by atoms with van der Waals surface area (Å²) in [5, 5.41) is 3.70. The molecule has 1 atom stereocenters. The summed E-state index contributed by atoms with van der Waals surface area (Å²) in [4.78, 5) is 23.8. The lowest BCUT2D eigenvalue weighted by Gasteiger charge is -2.33. The second kappa shape index (κ2) is 9.22. The van der Waals surface area contributed by atoms with Gasteiger partial charge in [0.2, 0.25) is 5.91 Å². The SMILES string of the molecule is O=C(NCc1ccc(Cl)cc1)[C@@H]1CCCN(c2ccnc(-c3ccc(F)cc3)n2)C1. The number of amides is 1. The molecule has 154 valence electrons. The number of benzene rings is 2. The molecule has 0 spiro atoms. The lowest BCUT2D eigenvalue weighted by molar-refractivity contribution is -0.125. The molecule has 0 unspecified atom stereocenters. The van der Waals surface area contributed by atoms with Gasteiger partial charge in [-0.1, -0.05) is 23.7 Å². The Kier molecular flexibility index (Phi) is 6.23. The molecular formula is C23H22ClFN4O. The second-order valence-electron chi connectivity index (χ2n) is 7.37. The number of piperidine rings is 1. The average molecular weight is 425 g/mol. The normalized spacial score (nSPS) is 16.3. The van der Waals surface area contributed by atoms with E-state index < -0.39 is 0 Å². The Bertz CT molecular complexity index is 1010. The summed E-state index contributed by atoms with van der Waals surface area (Å²) in [6.07, 6.45) is 3.46. The van der Waals surface area contributed by atoms with Crippen molar-refractivity contribution in [3.05, 3.63) is 77.2 Å². The summed E-state index contributed by atoms with van der Waals surface area (Å²) in [6, 6.07) is 15.4. The highest BCUT2D eigenvalue weighted by Crippen LogP contribution is 2.24. The van der Waals surface area contributed by atoms with E-state index in [2.05, 4.69) is 20.2 Å². The Hall–Kier alpha value is -2.99. The monoisotopic (exact) mass is 424 g/mol. The number of anilines is 1. The lowest BCUT2D eigenvalue weighted by atomic mass is 9.97. The molecule has 1 aliphatic heterocycles. The van der Waals surface area contributed by atoms with Crippen LogP contribution < -0.4 is 10.2 Å². The number of carbonyl (C=O) groups excluding carboxylic acids is 1. The molecule has 0 radical (unpaired) electrons. The van der Waals surface area contributed by atoms with Gasteiger partial charge in [-0.3, -0.25) is 4.79 Å². The predicted octanol–water partition coefficient (Wildman–Crippen LogP) is 4.47. The maximum absolute atomic E-state index is 13.2. The third-order valence-electron chi connectivity index (χ3n) is 5.24. The van der Waals surface area contributed by atoms with Crippen molar-refractivity contribution in [2.45, 2.75) is 19.4 Å². The number of carbonyl (C=O) groups is 1. The number of hydrogen-bond acceptors (Lipinski definition) is 4. The molecule has 0 aliphatic carbocycles. The minimum Gasteiger partial charge on any atom is -0.356 e. The molecule has 2 heterocycles. The van der Waals surface area contributed by atoms with Crippen molar-refractivity contribution in [2.24, 2.45) is 5.92 Å². The molecule has 1 fully saturated rings. The Morgan fingerprint density at radius 2 is 1.90 bits per heavy atom. The van der Waals surface area contributed by atoms with Gasteiger partial charge in [-0.25, -0.2) is 14.4 Å². The first-order valence-corrected chi connectivity index (χ1v) is 10.3. The summed E-state index contributed by atoms with van der Waals surface area (Å²) in [5.74, 6) is 0.970. The van der Waals surface area contributed by atoms with Crippen molar-refractivity contribution in [3.8, 4) is 11.4 Å². The molecular weight excluding hydrogens is 403 g/mol. The number of nitrogens with zero attached hydrogens (tertiary/aromatic N) is 3. The smallest absolute Gasteiger partial charge is 0.225 e. The van der Waals surface area contributed by atoms with E-state index >= 15 is 0 Å². The topological polar surface area (TPSA) is 58.1 Å². The van der Waals surface area contributed by atoms with Crippen LogP contribution in [0.3, 0.4) is 0 Å². The Balaban J connectivity index is 1.41. The van der Waals surface area contributed by atoms with Gasteiger partial charge in [-0.2, -0.15) is 0 Å². The van der Waals surface area contributed by atoms with Crippen LogP contribution in [0.2, 0.25) is 5.02 Å². The molecule has 0 bridgehead atoms. The van der Waals surface area contributed by atoms with E-state index in [9.17, 15) is 9.18 Å². The number of nitrogens with one attached hydrogen (secondary N) is 1. The zero-order chi connectivity index (χ0) is 20.9. The Morgan fingerprint density at radius 1 is 1.13 bits per heavy atom. The van der Waals surface area contributed by atoms with Gasteiger partial charge in [0.05, 0.1) is 5.92 Å². The highest BCUT2D eigenvalue weighted by atomic mass is 35.5. The zero-order valence-corrected chi connectivity index (χ0v) is 17.1. The first-order chi connectivity index (χ1) is 14.6. The van der Waals surface area contributed by atoms with Crippen LogP contribution in [0.1, 0.15) is 18.4 Å². The molecule has 1 N–H and O–H groups in total. The molecule has 1 aliphatic rings. The molecule has 3 aromatic rings. The maximum atomic E-state index is 13.2. The molecule has 2 aromatic carbocycles. The van der Waals surface area contributed by atoms with Gasteiger partial charge in [-0.05, 0) is 60.9 Å². The van der Waals surface area contributed by atoms with Gasteiger partial charge in [-0.15, -0.1) is 0 Å². The fraction of sp³-hybridized carbons (Fsp3) is 0.261. The van der Waals surface area contributed by atoms with Gasteiger partial charge in [0.15, 0.2) is 5.82 Å². The zero-order valence-electron chi connectivity index (χ0n) is 16.4.